The Labute approximate surface area is 133 Å². The summed E-state index contributed by atoms with van der Waals surface area (Å²) >= 11 is 0. The van der Waals surface area contributed by atoms with Crippen LogP contribution in [0.15, 0.2) is 24.5 Å². The van der Waals surface area contributed by atoms with Crippen molar-refractivity contribution in [2.75, 3.05) is 13.1 Å². The summed E-state index contributed by atoms with van der Waals surface area (Å²) in [5, 5.41) is 8.85. The number of halogens is 3. The van der Waals surface area contributed by atoms with E-state index >= 15 is 0 Å². The molecular weight excluding hydrogens is 322 g/mol. The number of aliphatic carboxylic acids is 1. The smallest absolute Gasteiger partial charge is 0.308 e. The van der Waals surface area contributed by atoms with Gasteiger partial charge in [-0.3, -0.25) is 14.6 Å². The van der Waals surface area contributed by atoms with Crippen LogP contribution < -0.4 is 0 Å². The summed E-state index contributed by atoms with van der Waals surface area (Å²) in [6.07, 6.45) is 5.76. The first-order valence-corrected chi connectivity index (χ1v) is 5.86. The van der Waals surface area contributed by atoms with E-state index in [1.165, 1.54) is 29.3 Å². The van der Waals surface area contributed by atoms with Crippen LogP contribution in [0.3, 0.4) is 0 Å². The molecule has 21 heavy (non-hydrogen) atoms. The van der Waals surface area contributed by atoms with E-state index in [1.54, 1.807) is 0 Å². The number of carbonyl (C=O) groups is 2. The molecule has 1 N–H and O–H groups in total. The van der Waals surface area contributed by atoms with Crippen molar-refractivity contribution < 1.29 is 19.1 Å². The Morgan fingerprint density at radius 3 is 2.67 bits per heavy atom. The fraction of sp³-hybridized carbons (Fsp3) is 0.308. The van der Waals surface area contributed by atoms with Gasteiger partial charge in [0.1, 0.15) is 5.82 Å². The van der Waals surface area contributed by atoms with E-state index in [4.69, 9.17) is 5.11 Å². The molecule has 1 aromatic rings. The van der Waals surface area contributed by atoms with Crippen LogP contribution in [0.2, 0.25) is 0 Å². The van der Waals surface area contributed by atoms with Crippen molar-refractivity contribution in [1.82, 2.24) is 9.88 Å². The summed E-state index contributed by atoms with van der Waals surface area (Å²) in [6.45, 7) is 0.654. The van der Waals surface area contributed by atoms with E-state index in [0.717, 1.165) is 6.20 Å². The molecule has 1 aliphatic rings. The predicted octanol–water partition coefficient (Wildman–Crippen LogP) is 2.01. The van der Waals surface area contributed by atoms with Crippen LogP contribution in [0.5, 0.6) is 0 Å². The highest BCUT2D eigenvalue weighted by Gasteiger charge is 2.29. The van der Waals surface area contributed by atoms with Gasteiger partial charge in [0.05, 0.1) is 12.1 Å². The molecule has 1 saturated heterocycles. The molecule has 2 rings (SSSR count). The Bertz CT molecular complexity index is 540. The second-order valence-electron chi connectivity index (χ2n) is 4.38. The van der Waals surface area contributed by atoms with Gasteiger partial charge < -0.3 is 10.0 Å². The van der Waals surface area contributed by atoms with Crippen LogP contribution in [0.4, 0.5) is 4.39 Å². The summed E-state index contributed by atoms with van der Waals surface area (Å²) in [4.78, 5) is 27.7. The van der Waals surface area contributed by atoms with Gasteiger partial charge in [-0.15, -0.1) is 24.8 Å². The lowest BCUT2D eigenvalue weighted by Crippen LogP contribution is -2.28. The molecule has 8 heteroatoms. The number of carbonyl (C=O) groups excluding carboxylic acids is 1. The maximum Gasteiger partial charge on any atom is 0.308 e. The van der Waals surface area contributed by atoms with Crippen molar-refractivity contribution in [3.05, 3.63) is 35.9 Å². The number of rotatable bonds is 3. The summed E-state index contributed by atoms with van der Waals surface area (Å²) in [5.41, 5.74) is 0.488. The molecule has 0 aliphatic carbocycles. The van der Waals surface area contributed by atoms with Gasteiger partial charge in [-0.2, -0.15) is 0 Å². The van der Waals surface area contributed by atoms with Crippen molar-refractivity contribution in [2.45, 2.75) is 6.42 Å². The zero-order valence-corrected chi connectivity index (χ0v) is 12.6. The largest absolute Gasteiger partial charge is 0.481 e. The second kappa shape index (κ2) is 8.59. The number of amides is 1. The standard InChI is InChI=1S/C13H13FN2O3.2ClH/c14-11-5-9(6-15-7-11)1-2-12(17)16-4-3-10(8-16)13(18)19;;/h1-2,5-7,10H,3-4,8H2,(H,18,19);2*1H. The lowest BCUT2D eigenvalue weighted by molar-refractivity contribution is -0.141. The summed E-state index contributed by atoms with van der Waals surface area (Å²) in [7, 11) is 0. The van der Waals surface area contributed by atoms with E-state index in [1.807, 2.05) is 0 Å². The summed E-state index contributed by atoms with van der Waals surface area (Å²) < 4.78 is 12.9. The number of aromatic nitrogens is 1. The molecule has 1 unspecified atom stereocenters. The Kier molecular flexibility index (Phi) is 7.91. The molecule has 1 atom stereocenters. The Morgan fingerprint density at radius 2 is 2.10 bits per heavy atom. The van der Waals surface area contributed by atoms with E-state index in [-0.39, 0.29) is 37.3 Å². The molecule has 1 aromatic heterocycles. The minimum Gasteiger partial charge on any atom is -0.481 e. The molecule has 1 fully saturated rings. The second-order valence-corrected chi connectivity index (χ2v) is 4.38. The van der Waals surface area contributed by atoms with E-state index in [2.05, 4.69) is 4.98 Å². The molecule has 0 aromatic carbocycles. The highest BCUT2D eigenvalue weighted by molar-refractivity contribution is 5.92. The van der Waals surface area contributed by atoms with Crippen molar-refractivity contribution in [3.8, 4) is 0 Å². The number of carboxylic acid groups (broad SMARTS) is 1. The van der Waals surface area contributed by atoms with Crippen molar-refractivity contribution in [2.24, 2.45) is 5.92 Å². The zero-order chi connectivity index (χ0) is 13.8. The Hall–Kier alpha value is -1.66. The molecule has 0 saturated carbocycles. The first-order valence-electron chi connectivity index (χ1n) is 5.86. The first kappa shape index (κ1) is 19.3. The SMILES string of the molecule is Cl.Cl.O=C(O)C1CCN(C(=O)C=Cc2cncc(F)c2)C1. The highest BCUT2D eigenvalue weighted by Crippen LogP contribution is 2.16. The van der Waals surface area contributed by atoms with Gasteiger partial charge in [0.2, 0.25) is 5.91 Å². The van der Waals surface area contributed by atoms with Crippen LogP contribution in [-0.2, 0) is 9.59 Å². The van der Waals surface area contributed by atoms with Gasteiger partial charge in [0, 0.05) is 25.4 Å². The van der Waals surface area contributed by atoms with E-state index < -0.39 is 17.7 Å². The van der Waals surface area contributed by atoms with Crippen LogP contribution in [0.25, 0.3) is 6.08 Å². The monoisotopic (exact) mass is 336 g/mol. The van der Waals surface area contributed by atoms with Gasteiger partial charge in [-0.1, -0.05) is 0 Å². The predicted molar refractivity (Wildman–Crippen MR) is 80.0 cm³/mol. The van der Waals surface area contributed by atoms with E-state index in [9.17, 15) is 14.0 Å². The molecule has 0 spiro atoms. The van der Waals surface area contributed by atoms with Gasteiger partial charge in [0.15, 0.2) is 0 Å². The van der Waals surface area contributed by atoms with Gasteiger partial charge >= 0.3 is 5.97 Å². The quantitative estimate of drug-likeness (QED) is 0.857. The maximum atomic E-state index is 12.9. The lowest BCUT2D eigenvalue weighted by Gasteiger charge is -2.12. The van der Waals surface area contributed by atoms with Crippen LogP contribution >= 0.6 is 24.8 Å². The van der Waals surface area contributed by atoms with E-state index in [0.29, 0.717) is 18.5 Å². The average Bonchev–Trinajstić information content (AvgIpc) is 2.86. The van der Waals surface area contributed by atoms with Gasteiger partial charge in [-0.05, 0) is 24.1 Å². The molecule has 0 bridgehead atoms. The number of hydrogen-bond acceptors (Lipinski definition) is 3. The zero-order valence-electron chi connectivity index (χ0n) is 10.9. The third-order valence-corrected chi connectivity index (χ3v) is 2.99. The number of likely N-dealkylation sites (tertiary alicyclic amines) is 1. The molecule has 1 amide bonds. The number of carboxylic acids is 1. The third kappa shape index (κ3) is 5.32. The van der Waals surface area contributed by atoms with Gasteiger partial charge in [-0.25, -0.2) is 4.39 Å². The molecule has 1 aliphatic heterocycles. The number of hydrogen-bond donors (Lipinski definition) is 1. The minimum absolute atomic E-state index is 0. The highest BCUT2D eigenvalue weighted by atomic mass is 35.5. The summed E-state index contributed by atoms with van der Waals surface area (Å²) in [6, 6.07) is 1.26. The molecule has 116 valence electrons. The van der Waals surface area contributed by atoms with Gasteiger partial charge in [0.25, 0.3) is 0 Å². The molecule has 5 nitrogen and oxygen atoms in total. The normalized spacial score (nSPS) is 17.2. The fourth-order valence-corrected chi connectivity index (χ4v) is 1.95. The first-order chi connectivity index (χ1) is 9.06. The molecule has 2 heterocycles. The molecule has 0 radical (unpaired) electrons. The molecular formula is C13H15Cl2FN2O3. The van der Waals surface area contributed by atoms with Crippen molar-refractivity contribution >= 4 is 42.8 Å². The average molecular weight is 337 g/mol. The van der Waals surface area contributed by atoms with Crippen molar-refractivity contribution in [1.29, 1.82) is 0 Å². The third-order valence-electron chi connectivity index (χ3n) is 2.99. The Morgan fingerprint density at radius 1 is 1.38 bits per heavy atom. The van der Waals surface area contributed by atoms with Crippen LogP contribution in [-0.4, -0.2) is 40.0 Å². The fourth-order valence-electron chi connectivity index (χ4n) is 1.95. The number of nitrogens with zero attached hydrogens (tertiary/aromatic N) is 2. The lowest BCUT2D eigenvalue weighted by atomic mass is 10.1. The maximum absolute atomic E-state index is 12.9. The van der Waals surface area contributed by atoms with Crippen LogP contribution in [0.1, 0.15) is 12.0 Å². The minimum atomic E-state index is -0.881. The number of pyridine rings is 1. The van der Waals surface area contributed by atoms with Crippen molar-refractivity contribution in [3.63, 3.8) is 0 Å². The topological polar surface area (TPSA) is 70.5 Å². The summed E-state index contributed by atoms with van der Waals surface area (Å²) in [5.74, 6) is -2.11. The Balaban J connectivity index is 0.00000200. The van der Waals surface area contributed by atoms with Crippen LogP contribution in [0, 0.1) is 11.7 Å².